The molecule has 5 nitrogen and oxygen atoms in total. The number of halogens is 1. The maximum Gasteiger partial charge on any atom is 0.328 e. The number of carbonyl (C=O) groups excluding carboxylic acids is 1. The smallest absolute Gasteiger partial charge is 0.328 e. The van der Waals surface area contributed by atoms with Crippen LogP contribution in [-0.4, -0.2) is 22.0 Å². The van der Waals surface area contributed by atoms with E-state index in [0.717, 1.165) is 6.08 Å². The molecule has 0 saturated carbocycles. The molecule has 2 N–H and O–H groups in total. The first kappa shape index (κ1) is 14.4. The van der Waals surface area contributed by atoms with E-state index >= 15 is 0 Å². The van der Waals surface area contributed by atoms with Gasteiger partial charge in [-0.25, -0.2) is 9.78 Å². The van der Waals surface area contributed by atoms with E-state index in [-0.39, 0.29) is 5.56 Å². The Morgan fingerprint density at radius 1 is 1.24 bits per heavy atom. The molecule has 1 amide bonds. The summed E-state index contributed by atoms with van der Waals surface area (Å²) in [4.78, 5) is 25.8. The molecule has 6 heteroatoms. The second-order valence-corrected chi connectivity index (χ2v) is 4.09. The van der Waals surface area contributed by atoms with Crippen molar-refractivity contribution in [3.05, 3.63) is 65.7 Å². The van der Waals surface area contributed by atoms with Gasteiger partial charge in [-0.1, -0.05) is 12.1 Å². The van der Waals surface area contributed by atoms with Crippen molar-refractivity contribution < 1.29 is 19.1 Å². The van der Waals surface area contributed by atoms with E-state index < -0.39 is 17.8 Å². The van der Waals surface area contributed by atoms with Crippen LogP contribution < -0.4 is 5.32 Å². The lowest BCUT2D eigenvalue weighted by atomic mass is 10.1. The predicted octanol–water partition coefficient (Wildman–Crippen LogP) is 2.57. The Labute approximate surface area is 119 Å². The van der Waals surface area contributed by atoms with Crippen molar-refractivity contribution in [2.24, 2.45) is 0 Å². The first-order chi connectivity index (χ1) is 10.1. The number of nitrogens with zero attached hydrogens (tertiary/aromatic N) is 1. The number of aromatic nitrogens is 1. The van der Waals surface area contributed by atoms with Crippen LogP contribution in [0.5, 0.6) is 0 Å². The summed E-state index contributed by atoms with van der Waals surface area (Å²) in [5.74, 6) is -2.54. The van der Waals surface area contributed by atoms with Gasteiger partial charge in [0, 0.05) is 18.0 Å². The number of hydrogen-bond acceptors (Lipinski definition) is 3. The Morgan fingerprint density at radius 3 is 2.76 bits per heavy atom. The average Bonchev–Trinajstić information content (AvgIpc) is 2.46. The summed E-state index contributed by atoms with van der Waals surface area (Å²) in [7, 11) is 0. The van der Waals surface area contributed by atoms with Gasteiger partial charge in [0.05, 0.1) is 5.56 Å². The van der Waals surface area contributed by atoms with Crippen molar-refractivity contribution in [1.82, 2.24) is 4.98 Å². The zero-order valence-corrected chi connectivity index (χ0v) is 10.8. The van der Waals surface area contributed by atoms with Crippen molar-refractivity contribution in [1.29, 1.82) is 0 Å². The third kappa shape index (κ3) is 3.97. The van der Waals surface area contributed by atoms with Crippen LogP contribution in [0.1, 0.15) is 15.9 Å². The highest BCUT2D eigenvalue weighted by atomic mass is 19.1. The van der Waals surface area contributed by atoms with Crippen molar-refractivity contribution in [2.75, 3.05) is 5.32 Å². The quantitative estimate of drug-likeness (QED) is 0.668. The molecular weight excluding hydrogens is 275 g/mol. The van der Waals surface area contributed by atoms with E-state index in [4.69, 9.17) is 5.11 Å². The minimum absolute atomic E-state index is 0.163. The fraction of sp³-hybridized carbons (Fsp3) is 0. The van der Waals surface area contributed by atoms with Gasteiger partial charge in [0.15, 0.2) is 0 Å². The molecule has 21 heavy (non-hydrogen) atoms. The summed E-state index contributed by atoms with van der Waals surface area (Å²) in [6.07, 6.45) is 3.63. The van der Waals surface area contributed by atoms with E-state index in [0.29, 0.717) is 11.3 Å². The Morgan fingerprint density at radius 2 is 2.05 bits per heavy atom. The Hall–Kier alpha value is -3.02. The van der Waals surface area contributed by atoms with Crippen LogP contribution in [0.25, 0.3) is 6.08 Å². The lowest BCUT2D eigenvalue weighted by Gasteiger charge is -2.06. The summed E-state index contributed by atoms with van der Waals surface area (Å²) >= 11 is 0. The molecule has 1 heterocycles. The summed E-state index contributed by atoms with van der Waals surface area (Å²) < 4.78 is 13.4. The van der Waals surface area contributed by atoms with Crippen LogP contribution in [0.3, 0.4) is 0 Å². The SMILES string of the molecule is O=C(O)/C=C/c1cccc(NC(=O)c2cccnc2F)c1. The molecule has 0 aliphatic heterocycles. The number of hydrogen-bond donors (Lipinski definition) is 2. The molecular formula is C15H11FN2O3. The first-order valence-electron chi connectivity index (χ1n) is 5.99. The summed E-state index contributed by atoms with van der Waals surface area (Å²) in [5.41, 5.74) is 0.863. The molecule has 0 atom stereocenters. The van der Waals surface area contributed by atoms with E-state index in [2.05, 4.69) is 10.3 Å². The molecule has 106 valence electrons. The van der Waals surface area contributed by atoms with E-state index in [9.17, 15) is 14.0 Å². The third-order valence-corrected chi connectivity index (χ3v) is 2.57. The zero-order valence-electron chi connectivity index (χ0n) is 10.8. The standard InChI is InChI=1S/C15H11FN2O3/c16-14-12(5-2-8-17-14)15(21)18-11-4-1-3-10(9-11)6-7-13(19)20/h1-9H,(H,18,21)(H,19,20)/b7-6+. The predicted molar refractivity (Wildman–Crippen MR) is 75.3 cm³/mol. The second kappa shape index (κ2) is 6.42. The molecule has 2 aromatic rings. The van der Waals surface area contributed by atoms with Crippen LogP contribution in [0.2, 0.25) is 0 Å². The van der Waals surface area contributed by atoms with Crippen molar-refractivity contribution in [3.8, 4) is 0 Å². The van der Waals surface area contributed by atoms with Gasteiger partial charge >= 0.3 is 5.97 Å². The van der Waals surface area contributed by atoms with Crippen LogP contribution in [0, 0.1) is 5.95 Å². The van der Waals surface area contributed by atoms with Crippen LogP contribution >= 0.6 is 0 Å². The normalized spacial score (nSPS) is 10.5. The molecule has 1 aromatic heterocycles. The van der Waals surface area contributed by atoms with Gasteiger partial charge in [-0.2, -0.15) is 4.39 Å². The van der Waals surface area contributed by atoms with E-state index in [1.165, 1.54) is 24.4 Å². The number of benzene rings is 1. The number of carbonyl (C=O) groups is 2. The minimum atomic E-state index is -1.07. The number of rotatable bonds is 4. The topological polar surface area (TPSA) is 79.3 Å². The second-order valence-electron chi connectivity index (χ2n) is 4.09. The lowest BCUT2D eigenvalue weighted by Crippen LogP contribution is -2.14. The van der Waals surface area contributed by atoms with Gasteiger partial charge in [0.1, 0.15) is 0 Å². The first-order valence-corrected chi connectivity index (χ1v) is 5.99. The highest BCUT2D eigenvalue weighted by molar-refractivity contribution is 6.04. The van der Waals surface area contributed by atoms with E-state index in [1.54, 1.807) is 24.3 Å². The minimum Gasteiger partial charge on any atom is -0.478 e. The molecule has 0 aliphatic rings. The molecule has 1 aromatic carbocycles. The monoisotopic (exact) mass is 286 g/mol. The Kier molecular flexibility index (Phi) is 4.40. The molecule has 0 spiro atoms. The number of amides is 1. The highest BCUT2D eigenvalue weighted by Gasteiger charge is 2.11. The maximum atomic E-state index is 13.4. The molecule has 0 fully saturated rings. The van der Waals surface area contributed by atoms with Crippen LogP contribution in [-0.2, 0) is 4.79 Å². The number of anilines is 1. The largest absolute Gasteiger partial charge is 0.478 e. The molecule has 0 bridgehead atoms. The number of carboxylic acid groups (broad SMARTS) is 1. The third-order valence-electron chi connectivity index (χ3n) is 2.57. The van der Waals surface area contributed by atoms with Gasteiger partial charge in [0.2, 0.25) is 5.95 Å². The molecule has 0 saturated heterocycles. The number of aliphatic carboxylic acids is 1. The highest BCUT2D eigenvalue weighted by Crippen LogP contribution is 2.14. The summed E-state index contributed by atoms with van der Waals surface area (Å²) in [6, 6.07) is 9.31. The molecule has 0 aliphatic carbocycles. The van der Waals surface area contributed by atoms with Crippen LogP contribution in [0.15, 0.2) is 48.7 Å². The lowest BCUT2D eigenvalue weighted by molar-refractivity contribution is -0.131. The van der Waals surface area contributed by atoms with Gasteiger partial charge in [-0.15, -0.1) is 0 Å². The molecule has 2 rings (SSSR count). The van der Waals surface area contributed by atoms with Crippen LogP contribution in [0.4, 0.5) is 10.1 Å². The summed E-state index contributed by atoms with van der Waals surface area (Å²) in [6.45, 7) is 0. The maximum absolute atomic E-state index is 13.4. The number of pyridine rings is 1. The fourth-order valence-corrected chi connectivity index (χ4v) is 1.64. The van der Waals surface area contributed by atoms with Crippen molar-refractivity contribution >= 4 is 23.6 Å². The van der Waals surface area contributed by atoms with E-state index in [1.807, 2.05) is 0 Å². The Balaban J connectivity index is 2.17. The van der Waals surface area contributed by atoms with Gasteiger partial charge in [-0.3, -0.25) is 4.79 Å². The van der Waals surface area contributed by atoms with Gasteiger partial charge in [0.25, 0.3) is 5.91 Å². The van der Waals surface area contributed by atoms with Gasteiger partial charge < -0.3 is 10.4 Å². The van der Waals surface area contributed by atoms with Crippen molar-refractivity contribution in [3.63, 3.8) is 0 Å². The average molecular weight is 286 g/mol. The van der Waals surface area contributed by atoms with Gasteiger partial charge in [-0.05, 0) is 35.9 Å². The molecule has 0 radical (unpaired) electrons. The fourth-order valence-electron chi connectivity index (χ4n) is 1.64. The Bertz CT molecular complexity index is 714. The summed E-state index contributed by atoms with van der Waals surface area (Å²) in [5, 5.41) is 11.1. The number of nitrogens with one attached hydrogen (secondary N) is 1. The van der Waals surface area contributed by atoms with Crippen molar-refractivity contribution in [2.45, 2.75) is 0 Å². The molecule has 0 unspecified atom stereocenters. The number of carboxylic acids is 1. The zero-order chi connectivity index (χ0) is 15.2.